The molecule has 19 heavy (non-hydrogen) atoms. The van der Waals surface area contributed by atoms with Crippen molar-refractivity contribution >= 4 is 17.5 Å². The molecule has 102 valence electrons. The van der Waals surface area contributed by atoms with E-state index in [0.29, 0.717) is 11.3 Å². The van der Waals surface area contributed by atoms with Crippen LogP contribution in [0.2, 0.25) is 0 Å². The molecule has 2 atom stereocenters. The van der Waals surface area contributed by atoms with E-state index in [0.717, 1.165) is 0 Å². The van der Waals surface area contributed by atoms with Gasteiger partial charge in [0.25, 0.3) is 0 Å². The van der Waals surface area contributed by atoms with E-state index in [1.54, 1.807) is 11.8 Å². The van der Waals surface area contributed by atoms with Crippen LogP contribution in [0.5, 0.6) is 0 Å². The van der Waals surface area contributed by atoms with Gasteiger partial charge in [-0.1, -0.05) is 0 Å². The molecule has 6 heteroatoms. The van der Waals surface area contributed by atoms with Crippen molar-refractivity contribution < 1.29 is 19.1 Å². The van der Waals surface area contributed by atoms with Crippen molar-refractivity contribution in [1.29, 1.82) is 0 Å². The van der Waals surface area contributed by atoms with Crippen LogP contribution in [0.4, 0.5) is 10.1 Å². The van der Waals surface area contributed by atoms with Gasteiger partial charge in [-0.3, -0.25) is 14.9 Å². The SMILES string of the molecule is CC1C(=O)NC(=O)CN1c1ccc(F)cc1[C@H](C)O. The lowest BCUT2D eigenvalue weighted by Crippen LogP contribution is -2.57. The van der Waals surface area contributed by atoms with Crippen LogP contribution in [0.3, 0.4) is 0 Å². The first-order chi connectivity index (χ1) is 8.90. The summed E-state index contributed by atoms with van der Waals surface area (Å²) in [6.07, 6.45) is -0.891. The van der Waals surface area contributed by atoms with E-state index in [4.69, 9.17) is 0 Å². The minimum absolute atomic E-state index is 0.00173. The summed E-state index contributed by atoms with van der Waals surface area (Å²) in [5.41, 5.74) is 0.849. The van der Waals surface area contributed by atoms with Gasteiger partial charge in [-0.2, -0.15) is 0 Å². The fourth-order valence-corrected chi connectivity index (χ4v) is 2.13. The van der Waals surface area contributed by atoms with Gasteiger partial charge in [0, 0.05) is 11.3 Å². The van der Waals surface area contributed by atoms with Crippen LogP contribution in [-0.4, -0.2) is 29.5 Å². The third kappa shape index (κ3) is 2.58. The zero-order valence-electron chi connectivity index (χ0n) is 10.7. The lowest BCUT2D eigenvalue weighted by Gasteiger charge is -2.35. The van der Waals surface area contributed by atoms with Crippen LogP contribution in [0, 0.1) is 5.82 Å². The second-order valence-corrected chi connectivity index (χ2v) is 4.60. The Balaban J connectivity index is 2.45. The van der Waals surface area contributed by atoms with E-state index in [9.17, 15) is 19.1 Å². The Kier molecular flexibility index (Phi) is 3.53. The number of amides is 2. The van der Waals surface area contributed by atoms with Gasteiger partial charge in [0.1, 0.15) is 11.9 Å². The number of piperazine rings is 1. The lowest BCUT2D eigenvalue weighted by atomic mass is 10.0. The van der Waals surface area contributed by atoms with Crippen molar-refractivity contribution in [2.24, 2.45) is 0 Å². The molecular weight excluding hydrogens is 251 g/mol. The van der Waals surface area contributed by atoms with Crippen LogP contribution in [-0.2, 0) is 9.59 Å². The maximum Gasteiger partial charge on any atom is 0.249 e. The average molecular weight is 266 g/mol. The summed E-state index contributed by atoms with van der Waals surface area (Å²) in [6, 6.07) is 3.37. The van der Waals surface area contributed by atoms with Gasteiger partial charge in [-0.15, -0.1) is 0 Å². The van der Waals surface area contributed by atoms with E-state index < -0.39 is 29.8 Å². The van der Waals surface area contributed by atoms with E-state index in [1.165, 1.54) is 25.1 Å². The highest BCUT2D eigenvalue weighted by Crippen LogP contribution is 2.29. The first-order valence-electron chi connectivity index (χ1n) is 5.98. The number of benzene rings is 1. The van der Waals surface area contributed by atoms with Crippen LogP contribution >= 0.6 is 0 Å². The van der Waals surface area contributed by atoms with Crippen molar-refractivity contribution in [3.8, 4) is 0 Å². The molecule has 0 aromatic heterocycles. The molecule has 0 bridgehead atoms. The third-order valence-electron chi connectivity index (χ3n) is 3.17. The maximum absolute atomic E-state index is 13.2. The summed E-state index contributed by atoms with van der Waals surface area (Å²) in [5, 5.41) is 11.9. The highest BCUT2D eigenvalue weighted by atomic mass is 19.1. The molecule has 1 unspecified atom stereocenters. The molecule has 1 fully saturated rings. The first kappa shape index (κ1) is 13.5. The van der Waals surface area contributed by atoms with Crippen molar-refractivity contribution in [2.75, 3.05) is 11.4 Å². The van der Waals surface area contributed by atoms with Crippen LogP contribution in [0.25, 0.3) is 0 Å². The van der Waals surface area contributed by atoms with E-state index >= 15 is 0 Å². The quantitative estimate of drug-likeness (QED) is 0.774. The molecule has 0 aliphatic carbocycles. The molecule has 1 aliphatic heterocycles. The summed E-state index contributed by atoms with van der Waals surface area (Å²) in [4.78, 5) is 24.6. The van der Waals surface area contributed by atoms with Crippen molar-refractivity contribution in [2.45, 2.75) is 26.0 Å². The van der Waals surface area contributed by atoms with Crippen LogP contribution in [0.1, 0.15) is 25.5 Å². The maximum atomic E-state index is 13.2. The number of carbonyl (C=O) groups excluding carboxylic acids is 2. The Hall–Kier alpha value is -1.95. The summed E-state index contributed by atoms with van der Waals surface area (Å²) < 4.78 is 13.2. The van der Waals surface area contributed by atoms with E-state index in [1.807, 2.05) is 0 Å². The molecule has 2 rings (SSSR count). The van der Waals surface area contributed by atoms with Gasteiger partial charge < -0.3 is 10.0 Å². The fraction of sp³-hybridized carbons (Fsp3) is 0.385. The number of imide groups is 1. The fourth-order valence-electron chi connectivity index (χ4n) is 2.13. The van der Waals surface area contributed by atoms with Crippen molar-refractivity contribution in [1.82, 2.24) is 5.32 Å². The number of nitrogens with zero attached hydrogens (tertiary/aromatic N) is 1. The summed E-state index contributed by atoms with van der Waals surface area (Å²) in [7, 11) is 0. The molecule has 2 amide bonds. The largest absolute Gasteiger partial charge is 0.389 e. The van der Waals surface area contributed by atoms with Crippen LogP contribution in [0.15, 0.2) is 18.2 Å². The number of hydrogen-bond donors (Lipinski definition) is 2. The predicted octanol–water partition coefficient (Wildman–Crippen LogP) is 0.730. The zero-order chi connectivity index (χ0) is 14.2. The molecular formula is C13H15FN2O3. The van der Waals surface area contributed by atoms with E-state index in [2.05, 4.69) is 5.32 Å². The number of anilines is 1. The predicted molar refractivity (Wildman–Crippen MR) is 67.0 cm³/mol. The first-order valence-corrected chi connectivity index (χ1v) is 5.98. The van der Waals surface area contributed by atoms with Gasteiger partial charge in [0.15, 0.2) is 0 Å². The standard InChI is InChI=1S/C13H15FN2O3/c1-7-13(19)15-12(18)6-16(7)11-4-3-9(14)5-10(11)8(2)17/h3-5,7-8,17H,6H2,1-2H3,(H,15,18,19)/t7?,8-/m0/s1. The highest BCUT2D eigenvalue weighted by molar-refractivity contribution is 6.04. The number of hydrogen-bond acceptors (Lipinski definition) is 4. The second-order valence-electron chi connectivity index (χ2n) is 4.60. The number of halogens is 1. The van der Waals surface area contributed by atoms with Gasteiger partial charge >= 0.3 is 0 Å². The Morgan fingerprint density at radius 2 is 2.16 bits per heavy atom. The molecule has 0 radical (unpaired) electrons. The molecule has 1 saturated heterocycles. The lowest BCUT2D eigenvalue weighted by molar-refractivity contribution is -0.132. The average Bonchev–Trinajstić information content (AvgIpc) is 2.34. The zero-order valence-corrected chi connectivity index (χ0v) is 10.7. The Bertz CT molecular complexity index is 531. The summed E-state index contributed by atoms with van der Waals surface area (Å²) in [5.74, 6) is -1.29. The summed E-state index contributed by atoms with van der Waals surface area (Å²) in [6.45, 7) is 3.16. The monoisotopic (exact) mass is 266 g/mol. The molecule has 2 N–H and O–H groups in total. The van der Waals surface area contributed by atoms with Gasteiger partial charge in [0.2, 0.25) is 11.8 Å². The minimum Gasteiger partial charge on any atom is -0.389 e. The van der Waals surface area contributed by atoms with Gasteiger partial charge in [-0.05, 0) is 32.0 Å². The number of rotatable bonds is 2. The van der Waals surface area contributed by atoms with Crippen LogP contribution < -0.4 is 10.2 Å². The number of aliphatic hydroxyl groups excluding tert-OH is 1. The number of aliphatic hydroxyl groups is 1. The minimum atomic E-state index is -0.891. The Morgan fingerprint density at radius 1 is 1.47 bits per heavy atom. The number of nitrogens with one attached hydrogen (secondary N) is 1. The Labute approximate surface area is 110 Å². The smallest absolute Gasteiger partial charge is 0.249 e. The van der Waals surface area contributed by atoms with Gasteiger partial charge in [-0.25, -0.2) is 4.39 Å². The topological polar surface area (TPSA) is 69.6 Å². The molecule has 0 saturated carbocycles. The molecule has 1 aromatic carbocycles. The number of carbonyl (C=O) groups is 2. The second kappa shape index (κ2) is 4.97. The van der Waals surface area contributed by atoms with E-state index in [-0.39, 0.29) is 6.54 Å². The molecule has 1 heterocycles. The van der Waals surface area contributed by atoms with Gasteiger partial charge in [0.05, 0.1) is 12.6 Å². The normalized spacial score (nSPS) is 21.3. The molecule has 1 aromatic rings. The molecule has 1 aliphatic rings. The molecule has 5 nitrogen and oxygen atoms in total. The molecule has 0 spiro atoms. The third-order valence-corrected chi connectivity index (χ3v) is 3.17. The van der Waals surface area contributed by atoms with Crippen molar-refractivity contribution in [3.63, 3.8) is 0 Å². The highest BCUT2D eigenvalue weighted by Gasteiger charge is 2.32. The Morgan fingerprint density at radius 3 is 2.79 bits per heavy atom. The van der Waals surface area contributed by atoms with Crippen molar-refractivity contribution in [3.05, 3.63) is 29.6 Å². The summed E-state index contributed by atoms with van der Waals surface area (Å²) >= 11 is 0.